The highest BCUT2D eigenvalue weighted by atomic mass is 19.3. The molecule has 1 aliphatic heterocycles. The Hall–Kier alpha value is -0.670. The molecule has 0 aromatic heterocycles. The van der Waals surface area contributed by atoms with Crippen LogP contribution in [0.15, 0.2) is 0 Å². The molecule has 1 atom stereocenters. The van der Waals surface area contributed by atoms with E-state index in [9.17, 15) is 13.6 Å². The number of carbonyl (C=O) groups is 1. The molecule has 1 saturated heterocycles. The van der Waals surface area contributed by atoms with Crippen LogP contribution in [0.3, 0.4) is 0 Å². The molecule has 1 unspecified atom stereocenters. The van der Waals surface area contributed by atoms with Crippen LogP contribution in [0, 0.1) is 0 Å². The number of likely N-dealkylation sites (tertiary alicyclic amines) is 1. The van der Waals surface area contributed by atoms with Crippen LogP contribution in [0.4, 0.5) is 8.78 Å². The number of halogens is 2. The van der Waals surface area contributed by atoms with Crippen molar-refractivity contribution in [2.45, 2.75) is 31.2 Å². The van der Waals surface area contributed by atoms with E-state index in [2.05, 4.69) is 0 Å². The fraction of sp³-hybridized carbons (Fsp3) is 0.857. The second-order valence-electron chi connectivity index (χ2n) is 3.17. The van der Waals surface area contributed by atoms with Crippen LogP contribution >= 0.6 is 0 Å². The minimum absolute atomic E-state index is 0.104. The molecule has 0 aromatic rings. The van der Waals surface area contributed by atoms with E-state index in [1.165, 1.54) is 4.90 Å². The van der Waals surface area contributed by atoms with Crippen LogP contribution < -0.4 is 0 Å². The third-order valence-electron chi connectivity index (χ3n) is 2.28. The van der Waals surface area contributed by atoms with Crippen molar-refractivity contribution in [1.82, 2.24) is 4.90 Å². The number of hydrogen-bond donors (Lipinski definition) is 0. The van der Waals surface area contributed by atoms with Crippen molar-refractivity contribution in [1.29, 1.82) is 0 Å². The molecule has 0 N–H and O–H groups in total. The molecule has 0 spiro atoms. The van der Waals surface area contributed by atoms with E-state index < -0.39 is 12.0 Å². The number of nitrogens with zero attached hydrogens (tertiary/aromatic N) is 1. The van der Waals surface area contributed by atoms with Crippen molar-refractivity contribution in [3.63, 3.8) is 0 Å². The first-order valence-electron chi connectivity index (χ1n) is 3.78. The Kier molecular flexibility index (Phi) is 1.23. The van der Waals surface area contributed by atoms with E-state index in [0.29, 0.717) is 13.0 Å². The molecule has 62 valence electrons. The molecule has 0 aromatic carbocycles. The van der Waals surface area contributed by atoms with Crippen molar-refractivity contribution in [2.75, 3.05) is 6.54 Å². The lowest BCUT2D eigenvalue weighted by Gasteiger charge is -2.13. The summed E-state index contributed by atoms with van der Waals surface area (Å²) in [7, 11) is 0. The molecular formula is C7H9F2NO. The predicted octanol–water partition coefficient (Wildman–Crippen LogP) is 1.02. The molecular weight excluding hydrogens is 152 g/mol. The van der Waals surface area contributed by atoms with Crippen LogP contribution in [-0.4, -0.2) is 29.3 Å². The normalized spacial score (nSPS) is 34.5. The summed E-state index contributed by atoms with van der Waals surface area (Å²) in [6.07, 6.45) is 1.07. The fourth-order valence-corrected chi connectivity index (χ4v) is 1.54. The summed E-state index contributed by atoms with van der Waals surface area (Å²) in [6.45, 7) is 0.527. The second kappa shape index (κ2) is 1.93. The highest BCUT2D eigenvalue weighted by molar-refractivity contribution is 5.79. The highest BCUT2D eigenvalue weighted by Crippen LogP contribution is 2.46. The van der Waals surface area contributed by atoms with Crippen molar-refractivity contribution < 1.29 is 13.6 Å². The number of amides is 1. The first kappa shape index (κ1) is 7.00. The van der Waals surface area contributed by atoms with Gasteiger partial charge in [-0.2, -0.15) is 0 Å². The zero-order chi connectivity index (χ0) is 8.06. The molecule has 2 fully saturated rings. The van der Waals surface area contributed by atoms with Gasteiger partial charge in [-0.15, -0.1) is 0 Å². The number of alkyl halides is 2. The highest BCUT2D eigenvalue weighted by Gasteiger charge is 2.61. The van der Waals surface area contributed by atoms with Crippen LogP contribution in [-0.2, 0) is 4.79 Å². The third-order valence-corrected chi connectivity index (χ3v) is 2.28. The van der Waals surface area contributed by atoms with Gasteiger partial charge in [-0.3, -0.25) is 4.79 Å². The Labute approximate surface area is 63.2 Å². The Bertz CT molecular complexity index is 205. The quantitative estimate of drug-likeness (QED) is 0.562. The van der Waals surface area contributed by atoms with Crippen LogP contribution in [0.2, 0.25) is 0 Å². The summed E-state index contributed by atoms with van der Waals surface area (Å²) in [4.78, 5) is 12.3. The smallest absolute Gasteiger partial charge is 0.270 e. The van der Waals surface area contributed by atoms with E-state index in [1.807, 2.05) is 0 Å². The topological polar surface area (TPSA) is 20.3 Å². The lowest BCUT2D eigenvalue weighted by atomic mass is 10.4. The van der Waals surface area contributed by atoms with Crippen molar-refractivity contribution in [3.05, 3.63) is 0 Å². The first-order valence-corrected chi connectivity index (χ1v) is 3.78. The van der Waals surface area contributed by atoms with Gasteiger partial charge in [0.05, 0.1) is 0 Å². The van der Waals surface area contributed by atoms with Gasteiger partial charge in [-0.05, 0) is 6.42 Å². The number of hydrogen-bond acceptors (Lipinski definition) is 1. The molecule has 2 rings (SSSR count). The summed E-state index contributed by atoms with van der Waals surface area (Å²) in [5, 5.41) is 0. The maximum Gasteiger partial charge on any atom is 0.270 e. The summed E-state index contributed by atoms with van der Waals surface area (Å²) in [5.74, 6) is -2.69. The standard InChI is InChI=1S/C7H9F2NO/c8-7(9)4-5(7)10-3-1-2-6(10)11/h5H,1-4H2. The molecule has 2 aliphatic rings. The fourth-order valence-electron chi connectivity index (χ4n) is 1.54. The van der Waals surface area contributed by atoms with Gasteiger partial charge in [-0.1, -0.05) is 0 Å². The summed E-state index contributed by atoms with van der Waals surface area (Å²) < 4.78 is 24.9. The minimum Gasteiger partial charge on any atom is -0.333 e. The Morgan fingerprint density at radius 2 is 2.18 bits per heavy atom. The van der Waals surface area contributed by atoms with Gasteiger partial charge in [0.2, 0.25) is 5.91 Å². The molecule has 2 nitrogen and oxygen atoms in total. The Morgan fingerprint density at radius 3 is 2.55 bits per heavy atom. The van der Waals surface area contributed by atoms with Crippen molar-refractivity contribution in [3.8, 4) is 0 Å². The maximum absolute atomic E-state index is 12.4. The molecule has 11 heavy (non-hydrogen) atoms. The average molecular weight is 161 g/mol. The largest absolute Gasteiger partial charge is 0.333 e. The van der Waals surface area contributed by atoms with E-state index in [4.69, 9.17) is 0 Å². The first-order chi connectivity index (χ1) is 5.11. The second-order valence-corrected chi connectivity index (χ2v) is 3.17. The number of rotatable bonds is 1. The molecule has 0 radical (unpaired) electrons. The number of carbonyl (C=O) groups excluding carboxylic acids is 1. The van der Waals surface area contributed by atoms with Gasteiger partial charge in [0, 0.05) is 19.4 Å². The summed E-state index contributed by atoms with van der Waals surface area (Å²) >= 11 is 0. The minimum atomic E-state index is -2.58. The van der Waals surface area contributed by atoms with E-state index in [0.717, 1.165) is 6.42 Å². The summed E-state index contributed by atoms with van der Waals surface area (Å²) in [6, 6.07) is -0.766. The molecule has 1 aliphatic carbocycles. The lowest BCUT2D eigenvalue weighted by molar-refractivity contribution is -0.129. The molecule has 1 saturated carbocycles. The van der Waals surface area contributed by atoms with Crippen LogP contribution in [0.25, 0.3) is 0 Å². The van der Waals surface area contributed by atoms with E-state index in [1.54, 1.807) is 0 Å². The van der Waals surface area contributed by atoms with Crippen molar-refractivity contribution >= 4 is 5.91 Å². The van der Waals surface area contributed by atoms with Gasteiger partial charge >= 0.3 is 0 Å². The van der Waals surface area contributed by atoms with Crippen LogP contribution in [0.5, 0.6) is 0 Å². The SMILES string of the molecule is O=C1CCCN1C1CC1(F)F. The molecule has 1 heterocycles. The monoisotopic (exact) mass is 161 g/mol. The molecule has 4 heteroatoms. The predicted molar refractivity (Wildman–Crippen MR) is 34.3 cm³/mol. The van der Waals surface area contributed by atoms with Gasteiger partial charge in [-0.25, -0.2) is 8.78 Å². The van der Waals surface area contributed by atoms with E-state index >= 15 is 0 Å². The maximum atomic E-state index is 12.4. The Balaban J connectivity index is 2.02. The van der Waals surface area contributed by atoms with Crippen LogP contribution in [0.1, 0.15) is 19.3 Å². The lowest BCUT2D eigenvalue weighted by Crippen LogP contribution is -2.30. The van der Waals surface area contributed by atoms with Crippen molar-refractivity contribution in [2.24, 2.45) is 0 Å². The zero-order valence-corrected chi connectivity index (χ0v) is 6.02. The van der Waals surface area contributed by atoms with Gasteiger partial charge < -0.3 is 4.90 Å². The average Bonchev–Trinajstić information content (AvgIpc) is 2.38. The van der Waals surface area contributed by atoms with Gasteiger partial charge in [0.25, 0.3) is 5.92 Å². The van der Waals surface area contributed by atoms with Gasteiger partial charge in [0.1, 0.15) is 6.04 Å². The van der Waals surface area contributed by atoms with E-state index in [-0.39, 0.29) is 12.3 Å². The Morgan fingerprint density at radius 1 is 1.55 bits per heavy atom. The zero-order valence-electron chi connectivity index (χ0n) is 6.02. The molecule has 1 amide bonds. The third kappa shape index (κ3) is 1.01. The van der Waals surface area contributed by atoms with Gasteiger partial charge in [0.15, 0.2) is 0 Å². The summed E-state index contributed by atoms with van der Waals surface area (Å²) in [5.41, 5.74) is 0. The molecule has 0 bridgehead atoms.